The normalized spacial score (nSPS) is 10.7. The van der Waals surface area contributed by atoms with Crippen LogP contribution in [0.4, 0.5) is 0 Å². The van der Waals surface area contributed by atoms with Gasteiger partial charge in [0, 0.05) is 11.3 Å². The van der Waals surface area contributed by atoms with Crippen molar-refractivity contribution in [2.45, 2.75) is 0 Å². The Morgan fingerprint density at radius 1 is 0.944 bits per heavy atom. The average Bonchev–Trinajstić information content (AvgIpc) is 2.33. The van der Waals surface area contributed by atoms with Gasteiger partial charge in [0.25, 0.3) is 0 Å². The van der Waals surface area contributed by atoms with E-state index in [4.69, 9.17) is 22.1 Å². The number of Topliss-reactive ketones (excluding diaryl/α,β-unsaturated/α-hetero) is 1. The molecular weight excluding hydrogens is 238 g/mol. The molecule has 1 heterocycles. The fraction of sp³-hybridized carbons (Fsp3) is 0. The van der Waals surface area contributed by atoms with Gasteiger partial charge in [-0.3, -0.25) is 9.59 Å². The molecule has 0 saturated heterocycles. The second-order valence-electron chi connectivity index (χ2n) is 2.71. The molecule has 0 bridgehead atoms. The van der Waals surface area contributed by atoms with Gasteiger partial charge in [-0.25, -0.2) is 4.99 Å². The van der Waals surface area contributed by atoms with Crippen molar-refractivity contribution in [2.75, 3.05) is 0 Å². The molecule has 0 radical (unpaired) electrons. The maximum absolute atomic E-state index is 10.9. The zero-order chi connectivity index (χ0) is 14.0. The Balaban J connectivity index is 0.000000414. The van der Waals surface area contributed by atoms with Crippen molar-refractivity contribution in [1.29, 1.82) is 22.1 Å². The number of hydrogen-bond acceptors (Lipinski definition) is 6. The van der Waals surface area contributed by atoms with Gasteiger partial charge in [-0.2, -0.15) is 0 Å². The van der Waals surface area contributed by atoms with E-state index in [1.165, 1.54) is 6.08 Å². The summed E-state index contributed by atoms with van der Waals surface area (Å²) in [4.78, 5) is 29.3. The van der Waals surface area contributed by atoms with E-state index in [0.29, 0.717) is 10.6 Å². The van der Waals surface area contributed by atoms with E-state index in [2.05, 4.69) is 4.99 Å². The van der Waals surface area contributed by atoms with Gasteiger partial charge >= 0.3 is 5.91 Å². The number of benzene rings is 1. The third-order valence-electron chi connectivity index (χ3n) is 1.66. The molecule has 0 spiro atoms. The molecular formula is C9H9N7O2+2. The van der Waals surface area contributed by atoms with Crippen LogP contribution in [0.15, 0.2) is 29.3 Å². The maximum Gasteiger partial charge on any atom is 0.317 e. The molecule has 1 aliphatic rings. The molecule has 0 aromatic heterocycles. The molecule has 0 fully saturated rings. The molecule has 1 aromatic rings. The highest BCUT2D eigenvalue weighted by atomic mass is 16.2. The van der Waals surface area contributed by atoms with E-state index in [1.807, 2.05) is 9.82 Å². The van der Waals surface area contributed by atoms with Crippen molar-refractivity contribution in [2.24, 2.45) is 4.99 Å². The topological polar surface area (TPSA) is 170 Å². The van der Waals surface area contributed by atoms with Crippen LogP contribution in [0.25, 0.3) is 6.08 Å². The lowest BCUT2D eigenvalue weighted by Gasteiger charge is -1.95. The molecule has 1 amide bonds. The minimum absolute atomic E-state index is 0.547. The number of amides is 1. The SMILES string of the molecule is N=[N+]=N.N=[N+]=N.O=C1C=c2ccccc2=NC1=O. The molecule has 9 nitrogen and oxygen atoms in total. The Bertz CT molecular complexity index is 580. The second-order valence-corrected chi connectivity index (χ2v) is 2.71. The molecule has 4 N–H and O–H groups in total. The largest absolute Gasteiger partial charge is 0.317 e. The first-order valence-electron chi connectivity index (χ1n) is 4.40. The zero-order valence-corrected chi connectivity index (χ0v) is 9.04. The first-order valence-corrected chi connectivity index (χ1v) is 4.40. The second kappa shape index (κ2) is 8.05. The number of para-hydroxylation sites is 1. The number of carbonyl (C=O) groups is 2. The first kappa shape index (κ1) is 14.8. The van der Waals surface area contributed by atoms with Gasteiger partial charge in [0.05, 0.1) is 5.36 Å². The lowest BCUT2D eigenvalue weighted by atomic mass is 10.2. The number of carbonyl (C=O) groups excluding carboxylic acids is 2. The number of fused-ring (bicyclic) bond motifs is 1. The fourth-order valence-electron chi connectivity index (χ4n) is 1.08. The maximum atomic E-state index is 10.9. The number of hydrogen-bond donors (Lipinski definition) is 4. The molecule has 18 heavy (non-hydrogen) atoms. The van der Waals surface area contributed by atoms with Crippen LogP contribution in [0.1, 0.15) is 0 Å². The van der Waals surface area contributed by atoms with Gasteiger partial charge in [0.2, 0.25) is 15.6 Å². The standard InChI is InChI=1S/C9H5NO2.2H2N3/c11-8-5-6-3-1-2-4-7(6)10-9(8)12;2*1-3-2/h1-5H;2*1-2H/q;2*+1. The molecule has 1 aliphatic heterocycles. The van der Waals surface area contributed by atoms with Gasteiger partial charge in [-0.1, -0.05) is 18.2 Å². The van der Waals surface area contributed by atoms with Gasteiger partial charge < -0.3 is 0 Å². The van der Waals surface area contributed by atoms with Crippen LogP contribution in [0, 0.1) is 22.1 Å². The minimum Gasteiger partial charge on any atom is -0.284 e. The third kappa shape index (κ3) is 4.58. The molecule has 0 unspecified atom stereocenters. The van der Waals surface area contributed by atoms with Crippen molar-refractivity contribution in [3.8, 4) is 0 Å². The molecule has 0 atom stereocenters. The van der Waals surface area contributed by atoms with E-state index in [1.54, 1.807) is 24.3 Å². The first-order chi connectivity index (χ1) is 8.60. The van der Waals surface area contributed by atoms with Gasteiger partial charge in [-0.15, -0.1) is 0 Å². The number of nitrogens with zero attached hydrogens (tertiary/aromatic N) is 3. The Labute approximate surface area is 99.9 Å². The average molecular weight is 247 g/mol. The van der Waals surface area contributed by atoms with Crippen molar-refractivity contribution in [3.05, 3.63) is 34.8 Å². The molecule has 90 valence electrons. The Kier molecular flexibility index (Phi) is 6.65. The lowest BCUT2D eigenvalue weighted by molar-refractivity contribution is -0.132. The van der Waals surface area contributed by atoms with Crippen LogP contribution in [-0.4, -0.2) is 11.7 Å². The molecule has 2 rings (SSSR count). The monoisotopic (exact) mass is 247 g/mol. The summed E-state index contributed by atoms with van der Waals surface area (Å²) in [5, 5.41) is 1.28. The quantitative estimate of drug-likeness (QED) is 0.273. The van der Waals surface area contributed by atoms with Gasteiger partial charge in [-0.05, 0) is 6.07 Å². The van der Waals surface area contributed by atoms with Gasteiger partial charge in [0.15, 0.2) is 0 Å². The lowest BCUT2D eigenvalue weighted by Crippen LogP contribution is -2.33. The van der Waals surface area contributed by atoms with Crippen LogP contribution in [-0.2, 0) is 9.59 Å². The minimum atomic E-state index is -0.686. The third-order valence-corrected chi connectivity index (χ3v) is 1.66. The summed E-state index contributed by atoms with van der Waals surface area (Å²) in [7, 11) is 0. The summed E-state index contributed by atoms with van der Waals surface area (Å²) >= 11 is 0. The van der Waals surface area contributed by atoms with E-state index >= 15 is 0 Å². The highest BCUT2D eigenvalue weighted by Crippen LogP contribution is 1.84. The summed E-state index contributed by atoms with van der Waals surface area (Å²) in [6, 6.07) is 7.03. The molecule has 0 aliphatic carbocycles. The summed E-state index contributed by atoms with van der Waals surface area (Å²) in [6.07, 6.45) is 1.31. The van der Waals surface area contributed by atoms with E-state index in [9.17, 15) is 9.59 Å². The van der Waals surface area contributed by atoms with Crippen molar-refractivity contribution < 1.29 is 9.59 Å². The summed E-state index contributed by atoms with van der Waals surface area (Å²) in [6.45, 7) is 0. The van der Waals surface area contributed by atoms with Gasteiger partial charge in [0.1, 0.15) is 22.1 Å². The van der Waals surface area contributed by atoms with Crippen molar-refractivity contribution in [1.82, 2.24) is 9.82 Å². The summed E-state index contributed by atoms with van der Waals surface area (Å²) < 4.78 is 0. The molecule has 9 heteroatoms. The van der Waals surface area contributed by atoms with E-state index in [0.717, 1.165) is 0 Å². The van der Waals surface area contributed by atoms with Crippen molar-refractivity contribution in [3.63, 3.8) is 0 Å². The molecule has 0 saturated carbocycles. The number of nitrogens with one attached hydrogen (secondary N) is 4. The predicted octanol–water partition coefficient (Wildman–Crippen LogP) is -0.573. The Morgan fingerprint density at radius 3 is 2.00 bits per heavy atom. The fourth-order valence-corrected chi connectivity index (χ4v) is 1.08. The van der Waals surface area contributed by atoms with E-state index in [-0.39, 0.29) is 0 Å². The van der Waals surface area contributed by atoms with E-state index < -0.39 is 11.7 Å². The number of rotatable bonds is 0. The molecule has 1 aromatic carbocycles. The summed E-state index contributed by atoms with van der Waals surface area (Å²) in [5.74, 6) is -1.23. The van der Waals surface area contributed by atoms with Crippen LogP contribution < -0.4 is 20.4 Å². The van der Waals surface area contributed by atoms with Crippen LogP contribution in [0.3, 0.4) is 0 Å². The predicted molar refractivity (Wildman–Crippen MR) is 56.8 cm³/mol. The van der Waals surface area contributed by atoms with Crippen LogP contribution in [0.2, 0.25) is 0 Å². The zero-order valence-electron chi connectivity index (χ0n) is 9.04. The smallest absolute Gasteiger partial charge is 0.284 e. The summed E-state index contributed by atoms with van der Waals surface area (Å²) in [5.41, 5.74) is 22.0. The Hall–Kier alpha value is -3.15. The highest BCUT2D eigenvalue weighted by Gasteiger charge is 2.11. The van der Waals surface area contributed by atoms with Crippen LogP contribution in [0.5, 0.6) is 0 Å². The van der Waals surface area contributed by atoms with Crippen LogP contribution >= 0.6 is 0 Å². The Morgan fingerprint density at radius 2 is 1.44 bits per heavy atom. The highest BCUT2D eigenvalue weighted by molar-refractivity contribution is 6.48. The van der Waals surface area contributed by atoms with Crippen molar-refractivity contribution >= 4 is 17.8 Å². The number of ketones is 1.